The Morgan fingerprint density at radius 2 is 1.67 bits per heavy atom. The highest BCUT2D eigenvalue weighted by molar-refractivity contribution is 6.30. The molecule has 0 aliphatic heterocycles. The molecular formula is C24H31ClO2. The first-order chi connectivity index (χ1) is 13.0. The van der Waals surface area contributed by atoms with Crippen LogP contribution in [0.2, 0.25) is 5.02 Å². The van der Waals surface area contributed by atoms with Crippen molar-refractivity contribution >= 4 is 11.6 Å². The monoisotopic (exact) mass is 386 g/mol. The highest BCUT2D eigenvalue weighted by atomic mass is 35.5. The van der Waals surface area contributed by atoms with E-state index in [-0.39, 0.29) is 11.5 Å². The smallest absolute Gasteiger partial charge is 0.0834 e. The van der Waals surface area contributed by atoms with E-state index in [9.17, 15) is 0 Å². The van der Waals surface area contributed by atoms with Crippen LogP contribution in [0.15, 0.2) is 54.6 Å². The maximum Gasteiger partial charge on any atom is 0.0834 e. The summed E-state index contributed by atoms with van der Waals surface area (Å²) in [6, 6.07) is 18.5. The van der Waals surface area contributed by atoms with Gasteiger partial charge in [0.2, 0.25) is 0 Å². The van der Waals surface area contributed by atoms with Gasteiger partial charge in [-0.15, -0.1) is 0 Å². The Morgan fingerprint density at radius 3 is 2.33 bits per heavy atom. The Morgan fingerprint density at radius 1 is 1.00 bits per heavy atom. The molecule has 3 rings (SSSR count). The van der Waals surface area contributed by atoms with Crippen molar-refractivity contribution in [3.8, 4) is 0 Å². The molecule has 2 aromatic carbocycles. The maximum atomic E-state index is 6.54. The van der Waals surface area contributed by atoms with Gasteiger partial charge < -0.3 is 9.47 Å². The lowest BCUT2D eigenvalue weighted by atomic mass is 9.85. The van der Waals surface area contributed by atoms with E-state index in [2.05, 4.69) is 50.2 Å². The van der Waals surface area contributed by atoms with Crippen molar-refractivity contribution in [3.05, 3.63) is 70.7 Å². The minimum atomic E-state index is 0.0255. The van der Waals surface area contributed by atoms with Gasteiger partial charge >= 0.3 is 0 Å². The number of hydrogen-bond acceptors (Lipinski definition) is 2. The van der Waals surface area contributed by atoms with Crippen LogP contribution in [0.1, 0.15) is 63.2 Å². The van der Waals surface area contributed by atoms with Crippen LogP contribution in [0.25, 0.3) is 0 Å². The van der Waals surface area contributed by atoms with Crippen molar-refractivity contribution < 1.29 is 9.47 Å². The van der Waals surface area contributed by atoms with Crippen LogP contribution in [0, 0.1) is 5.41 Å². The Hall–Kier alpha value is -1.35. The molecule has 0 N–H and O–H groups in total. The fraction of sp³-hybridized carbons (Fsp3) is 0.500. The van der Waals surface area contributed by atoms with Crippen molar-refractivity contribution in [2.45, 2.75) is 64.8 Å². The molecule has 0 aromatic heterocycles. The van der Waals surface area contributed by atoms with Crippen molar-refractivity contribution in [1.82, 2.24) is 0 Å². The fourth-order valence-corrected chi connectivity index (χ4v) is 3.88. The lowest BCUT2D eigenvalue weighted by Gasteiger charge is -2.31. The maximum absolute atomic E-state index is 6.54. The van der Waals surface area contributed by atoms with E-state index < -0.39 is 0 Å². The predicted molar refractivity (Wildman–Crippen MR) is 112 cm³/mol. The Labute approximate surface area is 168 Å². The predicted octanol–water partition coefficient (Wildman–Crippen LogP) is 6.97. The van der Waals surface area contributed by atoms with E-state index in [1.54, 1.807) is 0 Å². The standard InChI is InChI=1S/C24H31ClO2/c1-24(2,18-26-17-19-8-4-3-5-9-19)16-23(27-22-10-6-7-11-22)20-12-14-21(25)15-13-20/h3-5,8-9,12-15,22-23H,6-7,10-11,16-18H2,1-2H3/t23-/m0/s1. The second kappa shape index (κ2) is 9.73. The fourth-order valence-electron chi connectivity index (χ4n) is 3.76. The molecule has 0 radical (unpaired) electrons. The van der Waals surface area contributed by atoms with Crippen molar-refractivity contribution in [2.24, 2.45) is 5.41 Å². The summed E-state index contributed by atoms with van der Waals surface area (Å²) < 4.78 is 12.6. The summed E-state index contributed by atoms with van der Waals surface area (Å²) in [6.45, 7) is 5.89. The molecule has 3 heteroatoms. The van der Waals surface area contributed by atoms with Crippen molar-refractivity contribution in [1.29, 1.82) is 0 Å². The number of rotatable bonds is 9. The molecule has 0 saturated heterocycles. The molecule has 0 heterocycles. The Balaban J connectivity index is 1.61. The van der Waals surface area contributed by atoms with Gasteiger partial charge in [0.25, 0.3) is 0 Å². The minimum Gasteiger partial charge on any atom is -0.376 e. The first kappa shape index (κ1) is 20.4. The van der Waals surface area contributed by atoms with E-state index in [1.165, 1.54) is 36.8 Å². The third-order valence-corrected chi connectivity index (χ3v) is 5.50. The van der Waals surface area contributed by atoms with E-state index in [0.717, 1.165) is 11.4 Å². The van der Waals surface area contributed by atoms with Gasteiger partial charge in [-0.05, 0) is 47.9 Å². The van der Waals surface area contributed by atoms with Crippen molar-refractivity contribution in [2.75, 3.05) is 6.61 Å². The third-order valence-electron chi connectivity index (χ3n) is 5.24. The quantitative estimate of drug-likeness (QED) is 0.463. The molecule has 2 aromatic rings. The van der Waals surface area contributed by atoms with Crippen LogP contribution in [-0.4, -0.2) is 12.7 Å². The molecule has 0 spiro atoms. The number of benzene rings is 2. The zero-order valence-electron chi connectivity index (χ0n) is 16.5. The molecule has 1 saturated carbocycles. The molecule has 0 bridgehead atoms. The summed E-state index contributed by atoms with van der Waals surface area (Å²) in [5, 5.41) is 0.767. The molecule has 1 aliphatic carbocycles. The lowest BCUT2D eigenvalue weighted by molar-refractivity contribution is -0.0479. The van der Waals surface area contributed by atoms with Gasteiger partial charge in [0.1, 0.15) is 0 Å². The average Bonchev–Trinajstić information content (AvgIpc) is 3.15. The van der Waals surface area contributed by atoms with Crippen LogP contribution in [-0.2, 0) is 16.1 Å². The Bertz CT molecular complexity index is 675. The molecule has 146 valence electrons. The number of halogens is 1. The molecule has 1 aliphatic rings. The van der Waals surface area contributed by atoms with Crippen LogP contribution in [0.5, 0.6) is 0 Å². The van der Waals surface area contributed by atoms with Crippen LogP contribution < -0.4 is 0 Å². The highest BCUT2D eigenvalue weighted by Crippen LogP contribution is 2.37. The molecule has 1 atom stereocenters. The summed E-state index contributed by atoms with van der Waals surface area (Å²) in [6.07, 6.45) is 6.31. The summed E-state index contributed by atoms with van der Waals surface area (Å²) in [5.41, 5.74) is 2.45. The topological polar surface area (TPSA) is 18.5 Å². The third kappa shape index (κ3) is 6.64. The molecule has 0 amide bonds. The second-order valence-electron chi connectivity index (χ2n) is 8.43. The van der Waals surface area contributed by atoms with Gasteiger partial charge in [0.15, 0.2) is 0 Å². The zero-order valence-corrected chi connectivity index (χ0v) is 17.3. The van der Waals surface area contributed by atoms with Crippen LogP contribution in [0.4, 0.5) is 0 Å². The van der Waals surface area contributed by atoms with E-state index in [1.807, 2.05) is 18.2 Å². The van der Waals surface area contributed by atoms with Gasteiger partial charge in [-0.1, -0.05) is 80.8 Å². The van der Waals surface area contributed by atoms with E-state index in [4.69, 9.17) is 21.1 Å². The highest BCUT2D eigenvalue weighted by Gasteiger charge is 2.28. The number of hydrogen-bond donors (Lipinski definition) is 0. The second-order valence-corrected chi connectivity index (χ2v) is 8.87. The molecule has 27 heavy (non-hydrogen) atoms. The largest absolute Gasteiger partial charge is 0.376 e. The summed E-state index contributed by atoms with van der Waals surface area (Å²) in [4.78, 5) is 0. The SMILES string of the molecule is CC(C)(COCc1ccccc1)C[C@H](OC1CCCC1)c1ccc(Cl)cc1. The average molecular weight is 387 g/mol. The summed E-state index contributed by atoms with van der Waals surface area (Å²) in [7, 11) is 0. The van der Waals surface area contributed by atoms with Gasteiger partial charge in [-0.3, -0.25) is 0 Å². The van der Waals surface area contributed by atoms with Crippen molar-refractivity contribution in [3.63, 3.8) is 0 Å². The van der Waals surface area contributed by atoms with Gasteiger partial charge in [-0.2, -0.15) is 0 Å². The normalized spacial score (nSPS) is 16.6. The molecular weight excluding hydrogens is 356 g/mol. The molecule has 2 nitrogen and oxygen atoms in total. The zero-order chi connectivity index (χ0) is 19.1. The molecule has 1 fully saturated rings. The minimum absolute atomic E-state index is 0.0255. The lowest BCUT2D eigenvalue weighted by Crippen LogP contribution is -2.25. The molecule has 0 unspecified atom stereocenters. The van der Waals surface area contributed by atoms with E-state index in [0.29, 0.717) is 19.3 Å². The van der Waals surface area contributed by atoms with Gasteiger partial charge in [0, 0.05) is 5.02 Å². The summed E-state index contributed by atoms with van der Waals surface area (Å²) in [5.74, 6) is 0. The van der Waals surface area contributed by atoms with E-state index >= 15 is 0 Å². The first-order valence-corrected chi connectivity index (χ1v) is 10.4. The van der Waals surface area contributed by atoms with Crippen LogP contribution in [0.3, 0.4) is 0 Å². The first-order valence-electron chi connectivity index (χ1n) is 10.0. The van der Waals surface area contributed by atoms with Crippen LogP contribution >= 0.6 is 11.6 Å². The summed E-state index contributed by atoms with van der Waals surface area (Å²) >= 11 is 6.09. The Kier molecular flexibility index (Phi) is 7.34. The van der Waals surface area contributed by atoms with Gasteiger partial charge in [0.05, 0.1) is 25.4 Å². The number of ether oxygens (including phenoxy) is 2. The van der Waals surface area contributed by atoms with Gasteiger partial charge in [-0.25, -0.2) is 0 Å².